The van der Waals surface area contributed by atoms with Gasteiger partial charge in [0.1, 0.15) is 0 Å². The standard InChI is InChI=1S/C14H30O2/c1-7-12(15)11-14(5,6)16-10-9-13(3,4)8-2/h12,15H,7-11H2,1-6H3. The SMILES string of the molecule is CCC(O)CC(C)(C)OCCC(C)(C)CC. The van der Waals surface area contributed by atoms with Gasteiger partial charge in [-0.3, -0.25) is 0 Å². The third kappa shape index (κ3) is 7.24. The molecule has 0 radical (unpaired) electrons. The number of ether oxygens (including phenoxy) is 1. The van der Waals surface area contributed by atoms with E-state index in [4.69, 9.17) is 4.74 Å². The minimum atomic E-state index is -0.241. The van der Waals surface area contributed by atoms with Gasteiger partial charge in [-0.1, -0.05) is 34.1 Å². The van der Waals surface area contributed by atoms with Gasteiger partial charge in [0.05, 0.1) is 11.7 Å². The molecule has 0 heterocycles. The van der Waals surface area contributed by atoms with Crippen LogP contribution in [0.25, 0.3) is 0 Å². The van der Waals surface area contributed by atoms with E-state index in [1.54, 1.807) is 0 Å². The largest absolute Gasteiger partial charge is 0.393 e. The summed E-state index contributed by atoms with van der Waals surface area (Å²) in [6.45, 7) is 13.7. The van der Waals surface area contributed by atoms with Gasteiger partial charge in [0.2, 0.25) is 0 Å². The molecule has 2 heteroatoms. The van der Waals surface area contributed by atoms with E-state index in [1.807, 2.05) is 6.92 Å². The molecule has 0 bridgehead atoms. The molecule has 0 aliphatic carbocycles. The monoisotopic (exact) mass is 230 g/mol. The zero-order valence-corrected chi connectivity index (χ0v) is 12.0. The van der Waals surface area contributed by atoms with E-state index in [1.165, 1.54) is 6.42 Å². The lowest BCUT2D eigenvalue weighted by Gasteiger charge is -2.30. The first-order valence-corrected chi connectivity index (χ1v) is 6.54. The molecule has 0 aromatic rings. The molecule has 0 saturated carbocycles. The molecule has 0 aromatic heterocycles. The lowest BCUT2D eigenvalue weighted by atomic mass is 9.87. The Labute approximate surface area is 101 Å². The van der Waals surface area contributed by atoms with E-state index >= 15 is 0 Å². The van der Waals surface area contributed by atoms with Crippen LogP contribution in [0.1, 0.15) is 67.2 Å². The molecule has 98 valence electrons. The Balaban J connectivity index is 3.90. The summed E-state index contributed by atoms with van der Waals surface area (Å²) in [6, 6.07) is 0. The number of aliphatic hydroxyl groups is 1. The Kier molecular flexibility index (Phi) is 6.57. The Morgan fingerprint density at radius 2 is 1.69 bits per heavy atom. The van der Waals surface area contributed by atoms with Gasteiger partial charge in [-0.15, -0.1) is 0 Å². The molecule has 2 nitrogen and oxygen atoms in total. The molecule has 1 unspecified atom stereocenters. The van der Waals surface area contributed by atoms with E-state index < -0.39 is 0 Å². The Bertz CT molecular complexity index is 185. The van der Waals surface area contributed by atoms with Crippen LogP contribution in [0.15, 0.2) is 0 Å². The van der Waals surface area contributed by atoms with Crippen molar-refractivity contribution in [2.24, 2.45) is 5.41 Å². The van der Waals surface area contributed by atoms with Crippen LogP contribution in [-0.4, -0.2) is 23.4 Å². The minimum absolute atomic E-state index is 0.209. The fraction of sp³-hybridized carbons (Fsp3) is 1.00. The summed E-state index contributed by atoms with van der Waals surface area (Å²) >= 11 is 0. The van der Waals surface area contributed by atoms with Gasteiger partial charge in [0.25, 0.3) is 0 Å². The normalized spacial score (nSPS) is 15.2. The average molecular weight is 230 g/mol. The van der Waals surface area contributed by atoms with Crippen LogP contribution >= 0.6 is 0 Å². The first-order valence-electron chi connectivity index (χ1n) is 6.54. The molecule has 0 aliphatic rings. The predicted molar refractivity (Wildman–Crippen MR) is 69.6 cm³/mol. The van der Waals surface area contributed by atoms with Crippen molar-refractivity contribution in [3.8, 4) is 0 Å². The maximum atomic E-state index is 9.62. The van der Waals surface area contributed by atoms with Crippen LogP contribution in [0, 0.1) is 5.41 Å². The van der Waals surface area contributed by atoms with Crippen LogP contribution in [-0.2, 0) is 4.74 Å². The molecule has 0 rings (SSSR count). The topological polar surface area (TPSA) is 29.5 Å². The minimum Gasteiger partial charge on any atom is -0.393 e. The van der Waals surface area contributed by atoms with Crippen LogP contribution in [0.2, 0.25) is 0 Å². The maximum Gasteiger partial charge on any atom is 0.0651 e. The van der Waals surface area contributed by atoms with Gasteiger partial charge in [0.15, 0.2) is 0 Å². The van der Waals surface area contributed by atoms with Gasteiger partial charge in [-0.25, -0.2) is 0 Å². The number of hydrogen-bond donors (Lipinski definition) is 1. The summed E-state index contributed by atoms with van der Waals surface area (Å²) in [6.07, 6.45) is 3.53. The van der Waals surface area contributed by atoms with Crippen LogP contribution in [0.4, 0.5) is 0 Å². The summed E-state index contributed by atoms with van der Waals surface area (Å²) in [7, 11) is 0. The first kappa shape index (κ1) is 15.9. The van der Waals surface area contributed by atoms with Crippen molar-refractivity contribution in [2.75, 3.05) is 6.61 Å². The lowest BCUT2D eigenvalue weighted by Crippen LogP contribution is -2.31. The molecule has 0 aromatic carbocycles. The van der Waals surface area contributed by atoms with E-state index in [2.05, 4.69) is 34.6 Å². The Hall–Kier alpha value is -0.0800. The Morgan fingerprint density at radius 1 is 1.12 bits per heavy atom. The van der Waals surface area contributed by atoms with Gasteiger partial charge in [0, 0.05) is 13.0 Å². The summed E-state index contributed by atoms with van der Waals surface area (Å²) in [4.78, 5) is 0. The third-order valence-electron chi connectivity index (χ3n) is 3.43. The summed E-state index contributed by atoms with van der Waals surface area (Å²) in [5.41, 5.74) is 0.151. The fourth-order valence-electron chi connectivity index (χ4n) is 1.55. The van der Waals surface area contributed by atoms with Crippen LogP contribution in [0.5, 0.6) is 0 Å². The highest BCUT2D eigenvalue weighted by Gasteiger charge is 2.23. The van der Waals surface area contributed by atoms with Gasteiger partial charge < -0.3 is 9.84 Å². The van der Waals surface area contributed by atoms with Crippen molar-refractivity contribution < 1.29 is 9.84 Å². The molecule has 1 N–H and O–H groups in total. The van der Waals surface area contributed by atoms with Crippen molar-refractivity contribution in [3.63, 3.8) is 0 Å². The summed E-state index contributed by atoms with van der Waals surface area (Å²) < 4.78 is 5.88. The molecular weight excluding hydrogens is 200 g/mol. The Morgan fingerprint density at radius 3 is 2.12 bits per heavy atom. The zero-order valence-electron chi connectivity index (χ0n) is 12.0. The second-order valence-electron chi connectivity index (χ2n) is 6.14. The van der Waals surface area contributed by atoms with E-state index in [0.29, 0.717) is 5.41 Å². The van der Waals surface area contributed by atoms with E-state index in [9.17, 15) is 5.11 Å². The highest BCUT2D eigenvalue weighted by molar-refractivity contribution is 4.74. The average Bonchev–Trinajstić information content (AvgIpc) is 2.16. The highest BCUT2D eigenvalue weighted by atomic mass is 16.5. The number of hydrogen-bond acceptors (Lipinski definition) is 2. The van der Waals surface area contributed by atoms with Crippen molar-refractivity contribution in [3.05, 3.63) is 0 Å². The fourth-order valence-corrected chi connectivity index (χ4v) is 1.55. The van der Waals surface area contributed by atoms with Crippen LogP contribution < -0.4 is 0 Å². The molecule has 0 spiro atoms. The van der Waals surface area contributed by atoms with E-state index in [0.717, 1.165) is 25.9 Å². The summed E-state index contributed by atoms with van der Waals surface area (Å²) in [5.74, 6) is 0. The molecule has 0 aliphatic heterocycles. The lowest BCUT2D eigenvalue weighted by molar-refractivity contribution is -0.0578. The quantitative estimate of drug-likeness (QED) is 0.688. The zero-order chi connectivity index (χ0) is 12.8. The molecular formula is C14H30O2. The van der Waals surface area contributed by atoms with E-state index in [-0.39, 0.29) is 11.7 Å². The number of rotatable bonds is 8. The molecule has 1 atom stereocenters. The van der Waals surface area contributed by atoms with Crippen molar-refractivity contribution in [1.29, 1.82) is 0 Å². The first-order chi connectivity index (χ1) is 7.22. The van der Waals surface area contributed by atoms with Gasteiger partial charge >= 0.3 is 0 Å². The molecule has 16 heavy (non-hydrogen) atoms. The van der Waals surface area contributed by atoms with Crippen molar-refractivity contribution in [1.82, 2.24) is 0 Å². The highest BCUT2D eigenvalue weighted by Crippen LogP contribution is 2.26. The maximum absolute atomic E-state index is 9.62. The second kappa shape index (κ2) is 6.61. The number of aliphatic hydroxyl groups excluding tert-OH is 1. The summed E-state index contributed by atoms with van der Waals surface area (Å²) in [5, 5.41) is 9.62. The smallest absolute Gasteiger partial charge is 0.0651 e. The predicted octanol–water partition coefficient (Wildman–Crippen LogP) is 3.77. The van der Waals surface area contributed by atoms with Gasteiger partial charge in [-0.05, 0) is 32.1 Å². The van der Waals surface area contributed by atoms with Crippen molar-refractivity contribution in [2.45, 2.75) is 78.9 Å². The molecule has 0 fully saturated rings. The second-order valence-corrected chi connectivity index (χ2v) is 6.14. The third-order valence-corrected chi connectivity index (χ3v) is 3.43. The molecule has 0 saturated heterocycles. The van der Waals surface area contributed by atoms with Gasteiger partial charge in [-0.2, -0.15) is 0 Å². The van der Waals surface area contributed by atoms with Crippen LogP contribution in [0.3, 0.4) is 0 Å². The molecule has 0 amide bonds. The van der Waals surface area contributed by atoms with Crippen molar-refractivity contribution >= 4 is 0 Å².